The summed E-state index contributed by atoms with van der Waals surface area (Å²) in [6, 6.07) is 5.48. The van der Waals surface area contributed by atoms with Crippen molar-refractivity contribution in [3.63, 3.8) is 0 Å². The van der Waals surface area contributed by atoms with Crippen molar-refractivity contribution in [3.05, 3.63) is 33.8 Å². The molecule has 1 aromatic carbocycles. The fraction of sp³-hybridized carbons (Fsp3) is 0.417. The van der Waals surface area contributed by atoms with Gasteiger partial charge in [-0.1, -0.05) is 36.2 Å². The quantitative estimate of drug-likeness (QED) is 0.756. The lowest BCUT2D eigenvalue weighted by Gasteiger charge is -2.03. The molecule has 0 N–H and O–H groups in total. The maximum absolute atomic E-state index is 11.1. The van der Waals surface area contributed by atoms with E-state index in [1.165, 1.54) is 0 Å². The third-order valence-electron chi connectivity index (χ3n) is 2.31. The molecule has 15 heavy (non-hydrogen) atoms. The van der Waals surface area contributed by atoms with Gasteiger partial charge in [0.25, 0.3) is 0 Å². The second-order valence-electron chi connectivity index (χ2n) is 3.48. The van der Waals surface area contributed by atoms with E-state index in [1.807, 2.05) is 19.1 Å². The van der Waals surface area contributed by atoms with Gasteiger partial charge in [0, 0.05) is 22.9 Å². The smallest absolute Gasteiger partial charge is 0.132 e. The number of hydrogen-bond acceptors (Lipinski definition) is 1. The van der Waals surface area contributed by atoms with Gasteiger partial charge in [-0.15, -0.1) is 0 Å². The maximum Gasteiger partial charge on any atom is 0.132 e. The summed E-state index contributed by atoms with van der Waals surface area (Å²) in [4.78, 5) is 11.1. The number of rotatable bonds is 5. The normalized spacial score (nSPS) is 10.3. The fourth-order valence-corrected chi connectivity index (χ4v) is 1.88. The molecule has 1 nitrogen and oxygen atoms in total. The lowest BCUT2D eigenvalue weighted by atomic mass is 10.1. The van der Waals surface area contributed by atoms with Gasteiger partial charge in [0.15, 0.2) is 0 Å². The number of ketones is 1. The van der Waals surface area contributed by atoms with E-state index in [1.54, 1.807) is 6.07 Å². The van der Waals surface area contributed by atoms with Gasteiger partial charge in [0.2, 0.25) is 0 Å². The molecule has 0 aliphatic rings. The number of hydrogen-bond donors (Lipinski definition) is 0. The van der Waals surface area contributed by atoms with Crippen molar-refractivity contribution in [3.8, 4) is 0 Å². The van der Waals surface area contributed by atoms with Gasteiger partial charge in [0.05, 0.1) is 0 Å². The summed E-state index contributed by atoms with van der Waals surface area (Å²) in [5.74, 6) is 0.306. The number of carbonyl (C=O) groups is 1. The third-order valence-corrected chi connectivity index (χ3v) is 2.90. The number of Topliss-reactive ketones (excluding diaryl/α,β-unsaturated/α-hetero) is 1. The highest BCUT2D eigenvalue weighted by Gasteiger charge is 2.03. The zero-order valence-corrected chi connectivity index (χ0v) is 10.2. The summed E-state index contributed by atoms with van der Waals surface area (Å²) in [7, 11) is 0. The largest absolute Gasteiger partial charge is 0.300 e. The van der Waals surface area contributed by atoms with Gasteiger partial charge in [-0.2, -0.15) is 0 Å². The summed E-state index contributed by atoms with van der Waals surface area (Å²) >= 11 is 11.8. The molecule has 0 amide bonds. The Morgan fingerprint density at radius 2 is 2.07 bits per heavy atom. The number of aryl methyl sites for hydroxylation is 1. The lowest BCUT2D eigenvalue weighted by Crippen LogP contribution is -1.96. The highest BCUT2D eigenvalue weighted by molar-refractivity contribution is 6.35. The average Bonchev–Trinajstić information content (AvgIpc) is 2.21. The molecule has 0 unspecified atom stereocenters. The van der Waals surface area contributed by atoms with Crippen LogP contribution in [0.1, 0.15) is 31.7 Å². The molecule has 0 aliphatic carbocycles. The molecule has 0 atom stereocenters. The molecule has 0 saturated heterocycles. The van der Waals surface area contributed by atoms with Gasteiger partial charge in [-0.3, -0.25) is 4.79 Å². The van der Waals surface area contributed by atoms with Crippen LogP contribution in [-0.4, -0.2) is 5.78 Å². The zero-order chi connectivity index (χ0) is 11.3. The molecule has 1 rings (SSSR count). The van der Waals surface area contributed by atoms with E-state index in [2.05, 4.69) is 0 Å². The second-order valence-corrected chi connectivity index (χ2v) is 4.33. The maximum atomic E-state index is 11.1. The molecule has 0 radical (unpaired) electrons. The van der Waals surface area contributed by atoms with E-state index in [0.29, 0.717) is 28.7 Å². The Morgan fingerprint density at radius 3 is 2.67 bits per heavy atom. The Labute approximate surface area is 100 Å². The summed E-state index contributed by atoms with van der Waals surface area (Å²) in [6.07, 6.45) is 2.94. The summed E-state index contributed by atoms with van der Waals surface area (Å²) < 4.78 is 0. The predicted molar refractivity (Wildman–Crippen MR) is 64.7 cm³/mol. The van der Waals surface area contributed by atoms with E-state index in [4.69, 9.17) is 23.2 Å². The Balaban J connectivity index is 2.47. The molecule has 0 fully saturated rings. The number of halogens is 2. The van der Waals surface area contributed by atoms with Crippen LogP contribution in [-0.2, 0) is 11.2 Å². The van der Waals surface area contributed by atoms with Crippen LogP contribution in [0.25, 0.3) is 0 Å². The standard InChI is InChI=1S/C12H14Cl2O/c1-2-11(15)5-3-4-9-6-7-10(13)8-12(9)14/h6-8H,2-5H2,1H3. The van der Waals surface area contributed by atoms with E-state index < -0.39 is 0 Å². The van der Waals surface area contributed by atoms with E-state index in [-0.39, 0.29) is 0 Å². The minimum atomic E-state index is 0.306. The van der Waals surface area contributed by atoms with Crippen molar-refractivity contribution < 1.29 is 4.79 Å². The number of benzene rings is 1. The third kappa shape index (κ3) is 4.23. The van der Waals surface area contributed by atoms with Gasteiger partial charge in [-0.05, 0) is 30.5 Å². The highest BCUT2D eigenvalue weighted by atomic mass is 35.5. The minimum Gasteiger partial charge on any atom is -0.300 e. The Kier molecular flexibility index (Phi) is 5.13. The van der Waals surface area contributed by atoms with E-state index in [9.17, 15) is 4.79 Å². The van der Waals surface area contributed by atoms with E-state index in [0.717, 1.165) is 18.4 Å². The van der Waals surface area contributed by atoms with Crippen LogP contribution >= 0.6 is 23.2 Å². The first kappa shape index (κ1) is 12.5. The predicted octanol–water partition coefficient (Wildman–Crippen LogP) is 4.30. The molecule has 0 aromatic heterocycles. The molecule has 82 valence electrons. The first-order valence-corrected chi connectivity index (χ1v) is 5.84. The summed E-state index contributed by atoms with van der Waals surface area (Å²) in [6.45, 7) is 1.89. The van der Waals surface area contributed by atoms with E-state index >= 15 is 0 Å². The Morgan fingerprint density at radius 1 is 1.33 bits per heavy atom. The molecule has 0 heterocycles. The topological polar surface area (TPSA) is 17.1 Å². The van der Waals surface area contributed by atoms with Gasteiger partial charge < -0.3 is 0 Å². The van der Waals surface area contributed by atoms with Gasteiger partial charge >= 0.3 is 0 Å². The first-order valence-electron chi connectivity index (χ1n) is 5.09. The summed E-state index contributed by atoms with van der Waals surface area (Å²) in [5, 5.41) is 1.33. The molecule has 0 saturated carbocycles. The van der Waals surface area contributed by atoms with Crippen LogP contribution in [0.4, 0.5) is 0 Å². The van der Waals surface area contributed by atoms with Crippen LogP contribution in [0.3, 0.4) is 0 Å². The van der Waals surface area contributed by atoms with Gasteiger partial charge in [-0.25, -0.2) is 0 Å². The zero-order valence-electron chi connectivity index (χ0n) is 8.72. The molecular weight excluding hydrogens is 231 g/mol. The van der Waals surface area contributed by atoms with Crippen molar-refractivity contribution in [1.82, 2.24) is 0 Å². The van der Waals surface area contributed by atoms with Crippen LogP contribution in [0.2, 0.25) is 10.0 Å². The second kappa shape index (κ2) is 6.14. The van der Waals surface area contributed by atoms with Crippen molar-refractivity contribution >= 4 is 29.0 Å². The monoisotopic (exact) mass is 244 g/mol. The SMILES string of the molecule is CCC(=O)CCCc1ccc(Cl)cc1Cl. The highest BCUT2D eigenvalue weighted by Crippen LogP contribution is 2.22. The van der Waals surface area contributed by atoms with Crippen molar-refractivity contribution in [2.45, 2.75) is 32.6 Å². The lowest BCUT2D eigenvalue weighted by molar-refractivity contribution is -0.118. The van der Waals surface area contributed by atoms with Crippen LogP contribution in [0.15, 0.2) is 18.2 Å². The van der Waals surface area contributed by atoms with Crippen LogP contribution in [0.5, 0.6) is 0 Å². The van der Waals surface area contributed by atoms with Crippen LogP contribution < -0.4 is 0 Å². The van der Waals surface area contributed by atoms with Crippen molar-refractivity contribution in [1.29, 1.82) is 0 Å². The van der Waals surface area contributed by atoms with Crippen LogP contribution in [0, 0.1) is 0 Å². The number of carbonyl (C=O) groups excluding carboxylic acids is 1. The molecule has 3 heteroatoms. The van der Waals surface area contributed by atoms with Gasteiger partial charge in [0.1, 0.15) is 5.78 Å². The molecular formula is C12H14Cl2O. The fourth-order valence-electron chi connectivity index (χ4n) is 1.38. The Bertz CT molecular complexity index is 347. The van der Waals surface area contributed by atoms with Crippen molar-refractivity contribution in [2.24, 2.45) is 0 Å². The molecule has 0 spiro atoms. The molecule has 1 aromatic rings. The molecule has 0 aliphatic heterocycles. The average molecular weight is 245 g/mol. The summed E-state index contributed by atoms with van der Waals surface area (Å²) in [5.41, 5.74) is 1.06. The van der Waals surface area contributed by atoms with Crippen molar-refractivity contribution in [2.75, 3.05) is 0 Å². The minimum absolute atomic E-state index is 0.306. The first-order chi connectivity index (χ1) is 7.13. The molecule has 0 bridgehead atoms. The Hall–Kier alpha value is -0.530.